The average Bonchev–Trinajstić information content (AvgIpc) is 2.25. The van der Waals surface area contributed by atoms with Crippen LogP contribution in [0.4, 0.5) is 5.69 Å². The molecular weight excluding hydrogens is 224 g/mol. The van der Waals surface area contributed by atoms with Crippen LogP contribution in [0.2, 0.25) is 5.02 Å². The van der Waals surface area contributed by atoms with Crippen LogP contribution in [0.1, 0.15) is 5.56 Å². The molecule has 1 heterocycles. The zero-order valence-corrected chi connectivity index (χ0v) is 9.53. The maximum Gasteiger partial charge on any atom is 0.219 e. The summed E-state index contributed by atoms with van der Waals surface area (Å²) in [7, 11) is 0. The fourth-order valence-corrected chi connectivity index (χ4v) is 1.41. The van der Waals surface area contributed by atoms with Crippen LogP contribution in [-0.2, 0) is 0 Å². The number of aromatic nitrogens is 1. The van der Waals surface area contributed by atoms with Gasteiger partial charge in [-0.25, -0.2) is 4.98 Å². The smallest absolute Gasteiger partial charge is 0.219 e. The summed E-state index contributed by atoms with van der Waals surface area (Å²) in [6.45, 7) is 1.97. The minimum atomic E-state index is 0.472. The Morgan fingerprint density at radius 3 is 2.69 bits per heavy atom. The van der Waals surface area contributed by atoms with Crippen LogP contribution in [0, 0.1) is 6.92 Å². The quantitative estimate of drug-likeness (QED) is 0.810. The van der Waals surface area contributed by atoms with Crippen molar-refractivity contribution in [2.45, 2.75) is 6.92 Å². The first-order valence-electron chi connectivity index (χ1n) is 4.81. The van der Waals surface area contributed by atoms with Crippen molar-refractivity contribution in [2.75, 3.05) is 5.73 Å². The highest BCUT2D eigenvalue weighted by Crippen LogP contribution is 2.27. The highest BCUT2D eigenvalue weighted by atomic mass is 35.5. The Bertz CT molecular complexity index is 497. The molecule has 0 saturated heterocycles. The molecule has 2 rings (SSSR count). The molecule has 2 aromatic rings. The van der Waals surface area contributed by atoms with E-state index in [-0.39, 0.29) is 0 Å². The molecular formula is C12H11ClN2O. The van der Waals surface area contributed by atoms with Crippen LogP contribution in [0.25, 0.3) is 0 Å². The van der Waals surface area contributed by atoms with Gasteiger partial charge in [0.15, 0.2) is 5.75 Å². The molecule has 0 atom stereocenters. The van der Waals surface area contributed by atoms with E-state index in [9.17, 15) is 0 Å². The molecule has 0 saturated carbocycles. The number of ether oxygens (including phenoxy) is 1. The Labute approximate surface area is 98.8 Å². The fourth-order valence-electron chi connectivity index (χ4n) is 1.30. The molecule has 0 unspecified atom stereocenters. The van der Waals surface area contributed by atoms with Gasteiger partial charge < -0.3 is 10.5 Å². The summed E-state index contributed by atoms with van der Waals surface area (Å²) in [4.78, 5) is 4.03. The predicted octanol–water partition coefficient (Wildman–Crippen LogP) is 3.42. The van der Waals surface area contributed by atoms with Crippen molar-refractivity contribution in [3.63, 3.8) is 0 Å². The topological polar surface area (TPSA) is 48.1 Å². The Morgan fingerprint density at radius 2 is 2.06 bits per heavy atom. The number of aryl methyl sites for hydroxylation is 1. The van der Waals surface area contributed by atoms with Gasteiger partial charge in [-0.05, 0) is 30.7 Å². The van der Waals surface area contributed by atoms with E-state index in [4.69, 9.17) is 22.1 Å². The lowest BCUT2D eigenvalue weighted by Crippen LogP contribution is -1.93. The number of anilines is 1. The van der Waals surface area contributed by atoms with Gasteiger partial charge in [0.2, 0.25) is 5.88 Å². The number of nitrogen functional groups attached to an aromatic ring is 1. The Morgan fingerprint density at radius 1 is 1.25 bits per heavy atom. The molecule has 0 amide bonds. The molecule has 0 bridgehead atoms. The molecule has 0 spiro atoms. The van der Waals surface area contributed by atoms with Gasteiger partial charge in [-0.2, -0.15) is 0 Å². The monoisotopic (exact) mass is 234 g/mol. The van der Waals surface area contributed by atoms with Crippen molar-refractivity contribution >= 4 is 17.3 Å². The summed E-state index contributed by atoms with van der Waals surface area (Å²) >= 11 is 5.72. The number of pyridine rings is 1. The lowest BCUT2D eigenvalue weighted by atomic mass is 10.2. The summed E-state index contributed by atoms with van der Waals surface area (Å²) in [5, 5.41) is 0.573. The average molecular weight is 235 g/mol. The Kier molecular flexibility index (Phi) is 2.97. The van der Waals surface area contributed by atoms with Gasteiger partial charge in [0, 0.05) is 12.3 Å². The van der Waals surface area contributed by atoms with Crippen molar-refractivity contribution < 1.29 is 4.74 Å². The van der Waals surface area contributed by atoms with E-state index in [1.807, 2.05) is 25.1 Å². The molecule has 3 nitrogen and oxygen atoms in total. The van der Waals surface area contributed by atoms with Crippen LogP contribution in [-0.4, -0.2) is 4.98 Å². The summed E-state index contributed by atoms with van der Waals surface area (Å²) in [6.07, 6.45) is 1.53. The van der Waals surface area contributed by atoms with Gasteiger partial charge >= 0.3 is 0 Å². The van der Waals surface area contributed by atoms with E-state index >= 15 is 0 Å². The number of halogens is 1. The standard InChI is InChI=1S/C12H11ClN2O/c1-8-2-4-11(10(14)6-8)16-12-5-3-9(13)7-15-12/h2-7H,14H2,1H3. The molecule has 82 valence electrons. The molecule has 0 aliphatic carbocycles. The third-order valence-electron chi connectivity index (χ3n) is 2.08. The van der Waals surface area contributed by atoms with Gasteiger partial charge in [-0.1, -0.05) is 17.7 Å². The SMILES string of the molecule is Cc1ccc(Oc2ccc(Cl)cn2)c(N)c1. The lowest BCUT2D eigenvalue weighted by Gasteiger charge is -2.07. The maximum atomic E-state index is 5.82. The molecule has 0 radical (unpaired) electrons. The molecule has 16 heavy (non-hydrogen) atoms. The summed E-state index contributed by atoms with van der Waals surface area (Å²) in [6, 6.07) is 9.02. The number of rotatable bonds is 2. The maximum absolute atomic E-state index is 5.82. The largest absolute Gasteiger partial charge is 0.437 e. The minimum absolute atomic E-state index is 0.472. The fraction of sp³-hybridized carbons (Fsp3) is 0.0833. The van der Waals surface area contributed by atoms with E-state index in [0.29, 0.717) is 22.3 Å². The number of hydrogen-bond acceptors (Lipinski definition) is 3. The zero-order chi connectivity index (χ0) is 11.5. The van der Waals surface area contributed by atoms with Crippen LogP contribution in [0.3, 0.4) is 0 Å². The Hall–Kier alpha value is -1.74. The minimum Gasteiger partial charge on any atom is -0.437 e. The summed E-state index contributed by atoms with van der Waals surface area (Å²) < 4.78 is 5.52. The number of benzene rings is 1. The van der Waals surface area contributed by atoms with Crippen LogP contribution >= 0.6 is 11.6 Å². The second-order valence-electron chi connectivity index (χ2n) is 3.46. The predicted molar refractivity (Wildman–Crippen MR) is 64.9 cm³/mol. The van der Waals surface area contributed by atoms with E-state index < -0.39 is 0 Å². The Balaban J connectivity index is 2.23. The second kappa shape index (κ2) is 4.41. The highest BCUT2D eigenvalue weighted by molar-refractivity contribution is 6.30. The van der Waals surface area contributed by atoms with E-state index in [2.05, 4.69) is 4.98 Å². The van der Waals surface area contributed by atoms with Crippen LogP contribution < -0.4 is 10.5 Å². The summed E-state index contributed by atoms with van der Waals surface area (Å²) in [5.74, 6) is 1.07. The first kappa shape index (κ1) is 10.8. The number of nitrogens with zero attached hydrogens (tertiary/aromatic N) is 1. The van der Waals surface area contributed by atoms with E-state index in [0.717, 1.165) is 5.56 Å². The number of hydrogen-bond donors (Lipinski definition) is 1. The van der Waals surface area contributed by atoms with Gasteiger partial charge in [0.05, 0.1) is 10.7 Å². The molecule has 1 aromatic carbocycles. The van der Waals surface area contributed by atoms with Crippen molar-refractivity contribution in [2.24, 2.45) is 0 Å². The van der Waals surface area contributed by atoms with E-state index in [1.54, 1.807) is 12.1 Å². The normalized spacial score (nSPS) is 10.1. The highest BCUT2D eigenvalue weighted by Gasteiger charge is 2.02. The van der Waals surface area contributed by atoms with E-state index in [1.165, 1.54) is 6.20 Å². The van der Waals surface area contributed by atoms with Gasteiger partial charge in [0.25, 0.3) is 0 Å². The summed E-state index contributed by atoms with van der Waals surface area (Å²) in [5.41, 5.74) is 7.51. The molecule has 1 aromatic heterocycles. The van der Waals surface area contributed by atoms with Gasteiger partial charge in [-0.15, -0.1) is 0 Å². The van der Waals surface area contributed by atoms with Crippen molar-refractivity contribution in [1.82, 2.24) is 4.98 Å². The van der Waals surface area contributed by atoms with Gasteiger partial charge in [0.1, 0.15) is 0 Å². The third kappa shape index (κ3) is 2.44. The van der Waals surface area contributed by atoms with Crippen LogP contribution in [0.15, 0.2) is 36.5 Å². The van der Waals surface area contributed by atoms with Gasteiger partial charge in [-0.3, -0.25) is 0 Å². The van der Waals surface area contributed by atoms with Crippen molar-refractivity contribution in [3.05, 3.63) is 47.1 Å². The zero-order valence-electron chi connectivity index (χ0n) is 8.77. The van der Waals surface area contributed by atoms with Crippen molar-refractivity contribution in [1.29, 1.82) is 0 Å². The first-order valence-corrected chi connectivity index (χ1v) is 5.18. The molecule has 0 aliphatic rings. The molecule has 4 heteroatoms. The molecule has 0 aliphatic heterocycles. The molecule has 0 fully saturated rings. The van der Waals surface area contributed by atoms with Crippen LogP contribution in [0.5, 0.6) is 11.6 Å². The molecule has 2 N–H and O–H groups in total. The number of nitrogens with two attached hydrogens (primary N) is 1. The third-order valence-corrected chi connectivity index (χ3v) is 2.30. The second-order valence-corrected chi connectivity index (χ2v) is 3.89. The lowest BCUT2D eigenvalue weighted by molar-refractivity contribution is 0.465. The van der Waals surface area contributed by atoms with Crippen molar-refractivity contribution in [3.8, 4) is 11.6 Å². The first-order chi connectivity index (χ1) is 7.65.